The van der Waals surface area contributed by atoms with Crippen LogP contribution in [-0.2, 0) is 0 Å². The number of amides is 1. The maximum absolute atomic E-state index is 11.0. The Hall–Kier alpha value is -3.10. The van der Waals surface area contributed by atoms with E-state index in [0.29, 0.717) is 0 Å². The summed E-state index contributed by atoms with van der Waals surface area (Å²) in [7, 11) is 0. The quantitative estimate of drug-likeness (QED) is 0.251. The summed E-state index contributed by atoms with van der Waals surface area (Å²) in [6, 6.07) is 9.37. The molecule has 3 rings (SSSR count). The number of nitrogen functional groups attached to an aromatic ring is 1. The molecular weight excluding hydrogens is 292 g/mol. The number of rotatable bonds is 1. The fraction of sp³-hybridized carbons (Fsp3) is 0. The van der Waals surface area contributed by atoms with Crippen molar-refractivity contribution < 1.29 is 14.7 Å². The van der Waals surface area contributed by atoms with E-state index in [1.165, 1.54) is 24.5 Å². The number of carbonyl (C=O) groups is 1. The van der Waals surface area contributed by atoms with Crippen molar-refractivity contribution in [2.24, 2.45) is 5.84 Å². The highest BCUT2D eigenvalue weighted by Crippen LogP contribution is 2.01. The molecule has 0 saturated heterocycles. The highest BCUT2D eigenvalue weighted by Gasteiger charge is 2.09. The Labute approximate surface area is 122 Å². The summed E-state index contributed by atoms with van der Waals surface area (Å²) in [4.78, 5) is 43.5. The molecule has 1 aromatic heterocycles. The summed E-state index contributed by atoms with van der Waals surface area (Å²) in [5.74, 6) is 4.61. The first-order valence-electron chi connectivity index (χ1n) is 5.83. The molecular formula is C14H12N2O6. The van der Waals surface area contributed by atoms with Crippen LogP contribution in [0, 0.1) is 0 Å². The highest BCUT2D eigenvalue weighted by atomic mass is 16.3. The third-order valence-electron chi connectivity index (χ3n) is 2.70. The molecule has 114 valence electrons. The molecule has 0 radical (unpaired) electrons. The van der Waals surface area contributed by atoms with E-state index in [4.69, 9.17) is 10.3 Å². The lowest BCUT2D eigenvalue weighted by atomic mass is 10.2. The molecule has 8 heteroatoms. The molecule has 0 unspecified atom stereocenters. The second kappa shape index (κ2) is 7.07. The normalized spacial score (nSPS) is 9.50. The molecule has 0 saturated carbocycles. The smallest absolute Gasteiger partial charge is 0.300 e. The van der Waals surface area contributed by atoms with E-state index in [1.54, 1.807) is 18.2 Å². The standard InChI is InChI=1S/C9H4O3.C5H6N2O2.H2O/c10-7-5-3-1-2-4-6(5)8(11)9(7)12;6-7-5(8)4-2-1-3-9-4;/h1-4H;1-3H,6H2,(H,7,8);1H2. The Morgan fingerprint density at radius 3 is 1.86 bits per heavy atom. The first-order valence-corrected chi connectivity index (χ1v) is 5.83. The molecule has 1 heterocycles. The Balaban J connectivity index is 0.000000219. The molecule has 5 N–H and O–H groups in total. The number of benzene rings is 1. The minimum absolute atomic E-state index is 0. The Morgan fingerprint density at radius 1 is 0.909 bits per heavy atom. The highest BCUT2D eigenvalue weighted by molar-refractivity contribution is 5.90. The number of nitrogens with two attached hydrogens (primary N) is 1. The second-order valence-corrected chi connectivity index (χ2v) is 3.98. The van der Waals surface area contributed by atoms with Crippen LogP contribution in [0.15, 0.2) is 61.5 Å². The second-order valence-electron chi connectivity index (χ2n) is 3.98. The van der Waals surface area contributed by atoms with Crippen molar-refractivity contribution in [3.05, 3.63) is 79.1 Å². The molecule has 0 fully saturated rings. The zero-order valence-electron chi connectivity index (χ0n) is 11.2. The topological polar surface area (TPSA) is 151 Å². The Bertz CT molecular complexity index is 857. The van der Waals surface area contributed by atoms with Crippen molar-refractivity contribution in [2.45, 2.75) is 0 Å². The van der Waals surface area contributed by atoms with Gasteiger partial charge in [0.15, 0.2) is 5.76 Å². The average molecular weight is 304 g/mol. The van der Waals surface area contributed by atoms with Gasteiger partial charge in [-0.1, -0.05) is 24.3 Å². The molecule has 0 atom stereocenters. The van der Waals surface area contributed by atoms with Gasteiger partial charge in [-0.15, -0.1) is 0 Å². The van der Waals surface area contributed by atoms with E-state index in [2.05, 4.69) is 0 Å². The molecule has 0 aliphatic rings. The van der Waals surface area contributed by atoms with Gasteiger partial charge in [0.2, 0.25) is 10.9 Å². The van der Waals surface area contributed by atoms with Crippen LogP contribution in [0.3, 0.4) is 0 Å². The van der Waals surface area contributed by atoms with Gasteiger partial charge >= 0.3 is 5.91 Å². The third-order valence-corrected chi connectivity index (χ3v) is 2.70. The van der Waals surface area contributed by atoms with Gasteiger partial charge in [-0.05, 0) is 12.1 Å². The Morgan fingerprint density at radius 2 is 1.45 bits per heavy atom. The van der Waals surface area contributed by atoms with Gasteiger partial charge in [0.25, 0.3) is 5.43 Å². The number of hydrogen-bond acceptors (Lipinski definition) is 6. The van der Waals surface area contributed by atoms with Gasteiger partial charge in [-0.3, -0.25) is 24.6 Å². The lowest BCUT2D eigenvalue weighted by Gasteiger charge is -1.90. The van der Waals surface area contributed by atoms with Gasteiger partial charge in [-0.25, -0.2) is 5.84 Å². The number of furan rings is 1. The van der Waals surface area contributed by atoms with Crippen LogP contribution in [0.4, 0.5) is 0 Å². The van der Waals surface area contributed by atoms with Gasteiger partial charge in [0.05, 0.1) is 6.26 Å². The molecule has 0 spiro atoms. The van der Waals surface area contributed by atoms with Crippen LogP contribution in [-0.4, -0.2) is 11.4 Å². The molecule has 0 aliphatic carbocycles. The summed E-state index contributed by atoms with van der Waals surface area (Å²) in [6.07, 6.45) is 1.41. The first-order chi connectivity index (χ1) is 10.1. The Kier molecular flexibility index (Phi) is 5.44. The minimum Gasteiger partial charge on any atom is -0.459 e. The number of hydrazine groups is 1. The lowest BCUT2D eigenvalue weighted by Crippen LogP contribution is -2.29. The van der Waals surface area contributed by atoms with E-state index in [1.807, 2.05) is 5.43 Å². The summed E-state index contributed by atoms with van der Waals surface area (Å²) < 4.78 is 4.69. The molecule has 0 bridgehead atoms. The van der Waals surface area contributed by atoms with Crippen molar-refractivity contribution >= 4 is 16.7 Å². The molecule has 0 aliphatic heterocycles. The van der Waals surface area contributed by atoms with E-state index in [0.717, 1.165) is 0 Å². The van der Waals surface area contributed by atoms with Crippen LogP contribution in [0.25, 0.3) is 10.8 Å². The maximum atomic E-state index is 11.0. The maximum Gasteiger partial charge on any atom is 0.300 e. The summed E-state index contributed by atoms with van der Waals surface area (Å²) >= 11 is 0. The number of nitrogens with one attached hydrogen (secondary N) is 1. The molecule has 2 aromatic carbocycles. The number of carbonyl (C=O) groups excluding carboxylic acids is 1. The fourth-order valence-electron chi connectivity index (χ4n) is 1.71. The number of hydrogen-bond donors (Lipinski definition) is 2. The molecule has 8 nitrogen and oxygen atoms in total. The van der Waals surface area contributed by atoms with E-state index in [-0.39, 0.29) is 22.0 Å². The molecule has 1 amide bonds. The first kappa shape index (κ1) is 17.0. The predicted molar refractivity (Wildman–Crippen MR) is 79.1 cm³/mol. The SMILES string of the molecule is NNC(=O)c1ccco1.O.O=c1c(=O)c2ccccc2c1=O. The molecule has 22 heavy (non-hydrogen) atoms. The van der Waals surface area contributed by atoms with Gasteiger partial charge in [0, 0.05) is 10.8 Å². The zero-order chi connectivity index (χ0) is 15.4. The summed E-state index contributed by atoms with van der Waals surface area (Å²) in [5, 5.41) is 0.458. The zero-order valence-corrected chi connectivity index (χ0v) is 11.2. The number of fused-ring (bicyclic) bond motifs is 1. The van der Waals surface area contributed by atoms with E-state index < -0.39 is 22.2 Å². The lowest BCUT2D eigenvalue weighted by molar-refractivity contribution is 0.0926. The summed E-state index contributed by atoms with van der Waals surface area (Å²) in [6.45, 7) is 0. The van der Waals surface area contributed by atoms with Crippen molar-refractivity contribution in [1.82, 2.24) is 5.43 Å². The predicted octanol–water partition coefficient (Wildman–Crippen LogP) is -1.15. The van der Waals surface area contributed by atoms with Crippen LogP contribution >= 0.6 is 0 Å². The van der Waals surface area contributed by atoms with E-state index in [9.17, 15) is 19.2 Å². The van der Waals surface area contributed by atoms with Crippen molar-refractivity contribution in [1.29, 1.82) is 0 Å². The van der Waals surface area contributed by atoms with Crippen LogP contribution in [0.1, 0.15) is 10.6 Å². The van der Waals surface area contributed by atoms with Crippen LogP contribution in [0.2, 0.25) is 0 Å². The van der Waals surface area contributed by atoms with Crippen molar-refractivity contribution in [3.63, 3.8) is 0 Å². The van der Waals surface area contributed by atoms with Gasteiger partial charge in [0.1, 0.15) is 0 Å². The molecule has 3 aromatic rings. The van der Waals surface area contributed by atoms with Crippen molar-refractivity contribution in [2.75, 3.05) is 0 Å². The monoisotopic (exact) mass is 304 g/mol. The van der Waals surface area contributed by atoms with Crippen molar-refractivity contribution in [3.8, 4) is 0 Å². The average Bonchev–Trinajstić information content (AvgIpc) is 3.13. The fourth-order valence-corrected chi connectivity index (χ4v) is 1.71. The van der Waals surface area contributed by atoms with Crippen LogP contribution < -0.4 is 27.6 Å². The van der Waals surface area contributed by atoms with Gasteiger partial charge < -0.3 is 9.89 Å². The largest absolute Gasteiger partial charge is 0.459 e. The van der Waals surface area contributed by atoms with Gasteiger partial charge in [-0.2, -0.15) is 0 Å². The third kappa shape index (κ3) is 3.14. The van der Waals surface area contributed by atoms with Crippen LogP contribution in [0.5, 0.6) is 0 Å². The minimum atomic E-state index is -0.920. The summed E-state index contributed by atoms with van der Waals surface area (Å²) in [5.41, 5.74) is -0.355. The van der Waals surface area contributed by atoms with E-state index >= 15 is 0 Å².